The van der Waals surface area contributed by atoms with Gasteiger partial charge in [-0.15, -0.1) is 0 Å². The molecule has 0 unspecified atom stereocenters. The Labute approximate surface area is 103 Å². The van der Waals surface area contributed by atoms with E-state index in [1.165, 1.54) is 17.7 Å². The quantitative estimate of drug-likeness (QED) is 0.559. The molecule has 0 aromatic heterocycles. The van der Waals surface area contributed by atoms with Gasteiger partial charge in [-0.25, -0.2) is 0 Å². The summed E-state index contributed by atoms with van der Waals surface area (Å²) >= 11 is 0. The lowest BCUT2D eigenvalue weighted by Gasteiger charge is -2.09. The third kappa shape index (κ3) is 4.99. The molecule has 0 fully saturated rings. The van der Waals surface area contributed by atoms with Crippen molar-refractivity contribution in [2.75, 3.05) is 6.61 Å². The molecule has 0 atom stereocenters. The standard InChI is InChI=1S/C13H24OSi2/c1-15(2)11-5-10-14-12-6-8-13(9-7-12)16(3)4/h6-9,15-16H,5,10-11H2,1-4H3. The van der Waals surface area contributed by atoms with Gasteiger partial charge < -0.3 is 4.74 Å². The van der Waals surface area contributed by atoms with Gasteiger partial charge in [0.25, 0.3) is 0 Å². The van der Waals surface area contributed by atoms with E-state index >= 15 is 0 Å². The molecule has 0 aliphatic heterocycles. The second-order valence-corrected chi connectivity index (χ2v) is 11.4. The highest BCUT2D eigenvalue weighted by Crippen LogP contribution is 2.09. The SMILES string of the molecule is C[SiH](C)CCCOc1ccc([SiH](C)C)cc1. The van der Waals surface area contributed by atoms with Gasteiger partial charge in [0.05, 0.1) is 15.4 Å². The average molecular weight is 253 g/mol. The van der Waals surface area contributed by atoms with Gasteiger partial charge in [0.15, 0.2) is 0 Å². The fourth-order valence-corrected chi connectivity index (χ4v) is 3.58. The molecule has 0 heterocycles. The van der Waals surface area contributed by atoms with Crippen molar-refractivity contribution >= 4 is 22.8 Å². The number of rotatable bonds is 6. The number of ether oxygens (including phenoxy) is 1. The Morgan fingerprint density at radius 3 is 2.12 bits per heavy atom. The zero-order valence-electron chi connectivity index (χ0n) is 11.0. The molecule has 0 bridgehead atoms. The predicted octanol–water partition coefficient (Wildman–Crippen LogP) is 2.64. The van der Waals surface area contributed by atoms with Crippen LogP contribution in [0.3, 0.4) is 0 Å². The summed E-state index contributed by atoms with van der Waals surface area (Å²) in [6.45, 7) is 10.4. The van der Waals surface area contributed by atoms with E-state index in [0.717, 1.165) is 12.4 Å². The van der Waals surface area contributed by atoms with Crippen LogP contribution in [0.1, 0.15) is 6.42 Å². The van der Waals surface area contributed by atoms with Crippen LogP contribution in [0, 0.1) is 0 Å². The molecule has 0 saturated carbocycles. The minimum Gasteiger partial charge on any atom is -0.494 e. The average Bonchev–Trinajstić information content (AvgIpc) is 2.25. The number of benzene rings is 1. The Morgan fingerprint density at radius 2 is 1.62 bits per heavy atom. The second kappa shape index (κ2) is 6.91. The summed E-state index contributed by atoms with van der Waals surface area (Å²) in [6.07, 6.45) is 1.21. The van der Waals surface area contributed by atoms with Gasteiger partial charge in [-0.2, -0.15) is 0 Å². The van der Waals surface area contributed by atoms with Crippen molar-refractivity contribution in [1.82, 2.24) is 0 Å². The maximum absolute atomic E-state index is 5.73. The van der Waals surface area contributed by atoms with Crippen molar-refractivity contribution in [2.24, 2.45) is 0 Å². The molecule has 0 radical (unpaired) electrons. The highest BCUT2D eigenvalue weighted by molar-refractivity contribution is 6.70. The minimum atomic E-state index is -0.646. The van der Waals surface area contributed by atoms with Crippen molar-refractivity contribution in [3.8, 4) is 5.75 Å². The molecule has 0 N–H and O–H groups in total. The van der Waals surface area contributed by atoms with E-state index in [-0.39, 0.29) is 0 Å². The predicted molar refractivity (Wildman–Crippen MR) is 78.7 cm³/mol. The summed E-state index contributed by atoms with van der Waals surface area (Å²) in [7, 11) is -1.04. The van der Waals surface area contributed by atoms with Crippen molar-refractivity contribution in [1.29, 1.82) is 0 Å². The summed E-state index contributed by atoms with van der Waals surface area (Å²) in [5, 5.41) is 1.52. The first-order chi connectivity index (χ1) is 7.59. The molecule has 90 valence electrons. The van der Waals surface area contributed by atoms with Crippen LogP contribution in [0.25, 0.3) is 0 Å². The van der Waals surface area contributed by atoms with E-state index in [2.05, 4.69) is 50.5 Å². The normalized spacial score (nSPS) is 11.1. The lowest BCUT2D eigenvalue weighted by molar-refractivity contribution is 0.317. The van der Waals surface area contributed by atoms with Gasteiger partial charge in [0, 0.05) is 8.80 Å². The molecular formula is C13H24OSi2. The Kier molecular flexibility index (Phi) is 5.84. The summed E-state index contributed by atoms with van der Waals surface area (Å²) < 4.78 is 5.73. The summed E-state index contributed by atoms with van der Waals surface area (Å²) in [5.41, 5.74) is 0. The van der Waals surface area contributed by atoms with Crippen molar-refractivity contribution < 1.29 is 4.74 Å². The van der Waals surface area contributed by atoms with Crippen LogP contribution in [0.5, 0.6) is 5.75 Å². The first-order valence-electron chi connectivity index (χ1n) is 6.32. The van der Waals surface area contributed by atoms with Crippen LogP contribution in [0.2, 0.25) is 32.2 Å². The molecule has 0 aliphatic carbocycles. The number of hydrogen-bond donors (Lipinski definition) is 0. The number of hydrogen-bond acceptors (Lipinski definition) is 1. The Bertz CT molecular complexity index is 293. The lowest BCUT2D eigenvalue weighted by Crippen LogP contribution is -2.21. The van der Waals surface area contributed by atoms with Crippen molar-refractivity contribution in [3.63, 3.8) is 0 Å². The van der Waals surface area contributed by atoms with Crippen LogP contribution in [0.15, 0.2) is 24.3 Å². The van der Waals surface area contributed by atoms with E-state index < -0.39 is 17.6 Å². The van der Waals surface area contributed by atoms with Crippen LogP contribution in [-0.2, 0) is 0 Å². The zero-order valence-corrected chi connectivity index (χ0v) is 13.3. The van der Waals surface area contributed by atoms with Gasteiger partial charge >= 0.3 is 0 Å². The molecule has 1 nitrogen and oxygen atoms in total. The zero-order chi connectivity index (χ0) is 12.0. The third-order valence-electron chi connectivity index (χ3n) is 2.74. The molecule has 16 heavy (non-hydrogen) atoms. The first kappa shape index (κ1) is 13.5. The maximum Gasteiger partial charge on any atom is 0.119 e. The Balaban J connectivity index is 2.32. The van der Waals surface area contributed by atoms with Crippen LogP contribution in [-0.4, -0.2) is 24.2 Å². The maximum atomic E-state index is 5.73. The summed E-state index contributed by atoms with van der Waals surface area (Å²) in [4.78, 5) is 0. The lowest BCUT2D eigenvalue weighted by atomic mass is 10.3. The fourth-order valence-electron chi connectivity index (χ4n) is 1.63. The smallest absolute Gasteiger partial charge is 0.119 e. The minimum absolute atomic E-state index is 0.392. The van der Waals surface area contributed by atoms with Crippen molar-refractivity contribution in [3.05, 3.63) is 24.3 Å². The van der Waals surface area contributed by atoms with Crippen LogP contribution in [0.4, 0.5) is 0 Å². The van der Waals surface area contributed by atoms with Gasteiger partial charge in [0.2, 0.25) is 0 Å². The van der Waals surface area contributed by atoms with E-state index in [1.54, 1.807) is 0 Å². The topological polar surface area (TPSA) is 9.23 Å². The molecule has 1 aromatic carbocycles. The monoisotopic (exact) mass is 252 g/mol. The molecule has 1 aromatic rings. The van der Waals surface area contributed by atoms with E-state index in [1.807, 2.05) is 0 Å². The summed E-state index contributed by atoms with van der Waals surface area (Å²) in [5.74, 6) is 1.03. The van der Waals surface area contributed by atoms with E-state index in [0.29, 0.717) is 0 Å². The molecule has 0 saturated heterocycles. The molecule has 3 heteroatoms. The Morgan fingerprint density at radius 1 is 1.00 bits per heavy atom. The van der Waals surface area contributed by atoms with Crippen molar-refractivity contribution in [2.45, 2.75) is 38.7 Å². The van der Waals surface area contributed by atoms with Crippen LogP contribution < -0.4 is 9.92 Å². The molecule has 1 rings (SSSR count). The molecule has 0 aliphatic rings. The third-order valence-corrected chi connectivity index (χ3v) is 6.02. The molecular weight excluding hydrogens is 228 g/mol. The molecule has 0 amide bonds. The Hall–Kier alpha value is -0.546. The van der Waals surface area contributed by atoms with Crippen LogP contribution >= 0.6 is 0 Å². The highest BCUT2D eigenvalue weighted by atomic mass is 28.3. The van der Waals surface area contributed by atoms with E-state index in [4.69, 9.17) is 4.74 Å². The van der Waals surface area contributed by atoms with Gasteiger partial charge in [0.1, 0.15) is 5.75 Å². The van der Waals surface area contributed by atoms with E-state index in [9.17, 15) is 0 Å². The first-order valence-corrected chi connectivity index (χ1v) is 12.3. The van der Waals surface area contributed by atoms with Gasteiger partial charge in [-0.05, 0) is 18.6 Å². The van der Waals surface area contributed by atoms with Gasteiger partial charge in [-0.3, -0.25) is 0 Å². The largest absolute Gasteiger partial charge is 0.494 e. The van der Waals surface area contributed by atoms with Gasteiger partial charge in [-0.1, -0.05) is 49.6 Å². The summed E-state index contributed by atoms with van der Waals surface area (Å²) in [6, 6.07) is 10.1. The second-order valence-electron chi connectivity index (χ2n) is 5.11. The molecule has 0 spiro atoms. The highest BCUT2D eigenvalue weighted by Gasteiger charge is 2.01. The fraction of sp³-hybridized carbons (Fsp3) is 0.538.